The molecule has 1 aliphatic carbocycles. The Balaban J connectivity index is 1.66. The van der Waals surface area contributed by atoms with Crippen LogP contribution in [0, 0.1) is 5.92 Å². The molecule has 0 spiro atoms. The first-order chi connectivity index (χ1) is 10.3. The molecule has 3 atom stereocenters. The Morgan fingerprint density at radius 1 is 1.29 bits per heavy atom. The van der Waals surface area contributed by atoms with Crippen molar-refractivity contribution < 1.29 is 4.74 Å². The maximum absolute atomic E-state index is 5.17. The van der Waals surface area contributed by atoms with E-state index in [1.54, 1.807) is 13.4 Å². The zero-order valence-corrected chi connectivity index (χ0v) is 12.5. The van der Waals surface area contributed by atoms with E-state index in [1.165, 1.54) is 12.0 Å². The smallest absolute Gasteiger partial charge is 0.216 e. The summed E-state index contributed by atoms with van der Waals surface area (Å²) in [5.74, 6) is 1.98. The van der Waals surface area contributed by atoms with Crippen molar-refractivity contribution in [2.45, 2.75) is 24.8 Å². The Morgan fingerprint density at radius 3 is 2.81 bits per heavy atom. The Bertz CT molecular complexity index is 588. The predicted octanol–water partition coefficient (Wildman–Crippen LogP) is 2.42. The third-order valence-electron chi connectivity index (χ3n) is 4.29. The van der Waals surface area contributed by atoms with Gasteiger partial charge in [0.15, 0.2) is 0 Å². The molecule has 2 aromatic rings. The van der Waals surface area contributed by atoms with Gasteiger partial charge in [-0.15, -0.1) is 0 Å². The Hall–Kier alpha value is -1.94. The van der Waals surface area contributed by atoms with Gasteiger partial charge in [0.1, 0.15) is 6.33 Å². The van der Waals surface area contributed by atoms with E-state index in [-0.39, 0.29) is 0 Å². The normalized spacial score (nSPS) is 21.8. The molecule has 0 bridgehead atoms. The van der Waals surface area contributed by atoms with Crippen LogP contribution in [0.1, 0.15) is 23.6 Å². The van der Waals surface area contributed by atoms with Gasteiger partial charge < -0.3 is 10.1 Å². The second kappa shape index (κ2) is 6.22. The fraction of sp³-hybridized carbons (Fsp3) is 0.412. The summed E-state index contributed by atoms with van der Waals surface area (Å²) in [6, 6.07) is 13.1. The summed E-state index contributed by atoms with van der Waals surface area (Å²) in [7, 11) is 3.66. The van der Waals surface area contributed by atoms with Crippen molar-refractivity contribution >= 4 is 0 Å². The van der Waals surface area contributed by atoms with Crippen molar-refractivity contribution in [2.75, 3.05) is 14.2 Å². The number of likely N-dealkylation sites (N-methyl/N-ethyl adjacent to an activating group) is 1. The topological polar surface area (TPSA) is 47.0 Å². The number of methoxy groups -OCH3 is 1. The van der Waals surface area contributed by atoms with Gasteiger partial charge in [0.2, 0.25) is 5.88 Å². The number of benzene rings is 1. The van der Waals surface area contributed by atoms with E-state index in [1.807, 2.05) is 13.1 Å². The zero-order chi connectivity index (χ0) is 14.7. The summed E-state index contributed by atoms with van der Waals surface area (Å²) >= 11 is 0. The van der Waals surface area contributed by atoms with Gasteiger partial charge in [-0.25, -0.2) is 9.97 Å². The van der Waals surface area contributed by atoms with Crippen molar-refractivity contribution in [3.63, 3.8) is 0 Å². The minimum Gasteiger partial charge on any atom is -0.481 e. The molecule has 1 N–H and O–H groups in total. The van der Waals surface area contributed by atoms with Gasteiger partial charge in [0.25, 0.3) is 0 Å². The van der Waals surface area contributed by atoms with Crippen molar-refractivity contribution in [1.82, 2.24) is 15.3 Å². The average molecular weight is 283 g/mol. The zero-order valence-electron chi connectivity index (χ0n) is 12.5. The van der Waals surface area contributed by atoms with Crippen LogP contribution < -0.4 is 10.1 Å². The van der Waals surface area contributed by atoms with Gasteiger partial charge in [-0.05, 0) is 30.9 Å². The van der Waals surface area contributed by atoms with Crippen LogP contribution >= 0.6 is 0 Å². The number of nitrogens with zero attached hydrogens (tertiary/aromatic N) is 2. The van der Waals surface area contributed by atoms with E-state index in [9.17, 15) is 0 Å². The van der Waals surface area contributed by atoms with Crippen LogP contribution in [0.5, 0.6) is 5.88 Å². The number of rotatable bonds is 6. The first kappa shape index (κ1) is 14.0. The molecule has 0 saturated heterocycles. The summed E-state index contributed by atoms with van der Waals surface area (Å²) in [6.07, 6.45) is 3.73. The molecule has 0 amide bonds. The number of nitrogens with one attached hydrogen (secondary N) is 1. The molecule has 1 aromatic carbocycles. The Morgan fingerprint density at radius 2 is 2.10 bits per heavy atom. The maximum Gasteiger partial charge on any atom is 0.216 e. The van der Waals surface area contributed by atoms with E-state index >= 15 is 0 Å². The summed E-state index contributed by atoms with van der Waals surface area (Å²) in [5, 5.41) is 3.45. The molecule has 4 heteroatoms. The molecule has 1 aromatic heterocycles. The van der Waals surface area contributed by atoms with Crippen molar-refractivity contribution in [3.05, 3.63) is 54.0 Å². The van der Waals surface area contributed by atoms with E-state index in [2.05, 4.69) is 45.6 Å². The third kappa shape index (κ3) is 3.22. The largest absolute Gasteiger partial charge is 0.481 e. The molecule has 110 valence electrons. The van der Waals surface area contributed by atoms with Crippen LogP contribution in [0.2, 0.25) is 0 Å². The molecule has 21 heavy (non-hydrogen) atoms. The van der Waals surface area contributed by atoms with Crippen molar-refractivity contribution in [2.24, 2.45) is 5.92 Å². The number of aromatic nitrogens is 2. The maximum atomic E-state index is 5.17. The van der Waals surface area contributed by atoms with Crippen LogP contribution in [0.15, 0.2) is 42.7 Å². The van der Waals surface area contributed by atoms with E-state index in [0.29, 0.717) is 23.8 Å². The molecule has 3 unspecified atom stereocenters. The molecular weight excluding hydrogens is 262 g/mol. The summed E-state index contributed by atoms with van der Waals surface area (Å²) in [4.78, 5) is 8.41. The lowest BCUT2D eigenvalue weighted by Crippen LogP contribution is -2.30. The summed E-state index contributed by atoms with van der Waals surface area (Å²) < 4.78 is 5.17. The minimum atomic E-state index is 0.440. The molecule has 1 fully saturated rings. The van der Waals surface area contributed by atoms with Crippen molar-refractivity contribution in [3.8, 4) is 5.88 Å². The fourth-order valence-corrected chi connectivity index (χ4v) is 3.04. The predicted molar refractivity (Wildman–Crippen MR) is 82.4 cm³/mol. The van der Waals surface area contributed by atoms with Gasteiger partial charge in [-0.3, -0.25) is 0 Å². The standard InChI is InChI=1S/C17H21N3O/c1-18-16(8-13-9-17(21-2)20-11-19-13)15-10-14(15)12-6-4-3-5-7-12/h3-7,9,11,14-16,18H,8,10H2,1-2H3. The van der Waals surface area contributed by atoms with Gasteiger partial charge in [0.05, 0.1) is 7.11 Å². The van der Waals surface area contributed by atoms with Gasteiger partial charge in [0, 0.05) is 24.2 Å². The van der Waals surface area contributed by atoms with E-state index < -0.39 is 0 Å². The first-order valence-corrected chi connectivity index (χ1v) is 7.39. The second-order valence-corrected chi connectivity index (χ2v) is 5.57. The highest BCUT2D eigenvalue weighted by atomic mass is 16.5. The van der Waals surface area contributed by atoms with E-state index in [4.69, 9.17) is 4.74 Å². The van der Waals surface area contributed by atoms with E-state index in [0.717, 1.165) is 12.1 Å². The second-order valence-electron chi connectivity index (χ2n) is 5.57. The van der Waals surface area contributed by atoms with Crippen LogP contribution in [0.4, 0.5) is 0 Å². The van der Waals surface area contributed by atoms with Crippen LogP contribution in [-0.4, -0.2) is 30.2 Å². The van der Waals surface area contributed by atoms with Crippen LogP contribution in [0.25, 0.3) is 0 Å². The highest BCUT2D eigenvalue weighted by Gasteiger charge is 2.43. The fourth-order valence-electron chi connectivity index (χ4n) is 3.04. The van der Waals surface area contributed by atoms with Gasteiger partial charge in [-0.2, -0.15) is 0 Å². The Labute approximate surface area is 125 Å². The summed E-state index contributed by atoms with van der Waals surface area (Å²) in [6.45, 7) is 0. The monoisotopic (exact) mass is 283 g/mol. The molecule has 1 saturated carbocycles. The highest BCUT2D eigenvalue weighted by Crippen LogP contribution is 2.49. The average Bonchev–Trinajstić information content (AvgIpc) is 3.34. The third-order valence-corrected chi connectivity index (χ3v) is 4.29. The summed E-state index contributed by atoms with van der Waals surface area (Å²) in [5.41, 5.74) is 2.47. The van der Waals surface area contributed by atoms with Gasteiger partial charge in [-0.1, -0.05) is 30.3 Å². The highest BCUT2D eigenvalue weighted by molar-refractivity contribution is 5.27. The lowest BCUT2D eigenvalue weighted by Gasteiger charge is -2.16. The SMILES string of the molecule is CNC(Cc1cc(OC)ncn1)C1CC1c1ccccc1. The molecular formula is C17H21N3O. The minimum absolute atomic E-state index is 0.440. The first-order valence-electron chi connectivity index (χ1n) is 7.39. The lowest BCUT2D eigenvalue weighted by atomic mass is 10.0. The number of hydrogen-bond acceptors (Lipinski definition) is 4. The quantitative estimate of drug-likeness (QED) is 0.884. The molecule has 0 aliphatic heterocycles. The molecule has 4 nitrogen and oxygen atoms in total. The number of ether oxygens (including phenoxy) is 1. The molecule has 3 rings (SSSR count). The van der Waals surface area contributed by atoms with Gasteiger partial charge >= 0.3 is 0 Å². The Kier molecular flexibility index (Phi) is 4.15. The molecule has 1 heterocycles. The van der Waals surface area contributed by atoms with Crippen LogP contribution in [0.3, 0.4) is 0 Å². The van der Waals surface area contributed by atoms with Crippen LogP contribution in [-0.2, 0) is 6.42 Å². The molecule has 0 radical (unpaired) electrons. The van der Waals surface area contributed by atoms with Crippen molar-refractivity contribution in [1.29, 1.82) is 0 Å². The lowest BCUT2D eigenvalue weighted by molar-refractivity contribution is 0.394. The number of hydrogen-bond donors (Lipinski definition) is 1. The molecule has 1 aliphatic rings.